The molecule has 6 nitrogen and oxygen atoms in total. The standard InChI is InChI=1S/C17H23NO5/c1-10-7-12(10)17(20)18-13(9-16(19)23-4)11-5-6-14(21-2)15(8-11)22-3/h5-6,8,10,12-13H,7,9H2,1-4H3,(H,18,20)/t10-,12-,13-/m0/s1. The average Bonchev–Trinajstić information content (AvgIpc) is 3.30. The summed E-state index contributed by atoms with van der Waals surface area (Å²) in [7, 11) is 4.43. The first kappa shape index (κ1) is 17.1. The molecule has 0 unspecified atom stereocenters. The second-order valence-corrected chi connectivity index (χ2v) is 5.78. The number of benzene rings is 1. The highest BCUT2D eigenvalue weighted by Gasteiger charge is 2.40. The maximum absolute atomic E-state index is 12.2. The number of esters is 1. The van der Waals surface area contributed by atoms with E-state index >= 15 is 0 Å². The Hall–Kier alpha value is -2.24. The number of carbonyl (C=O) groups excluding carboxylic acids is 2. The molecule has 1 fully saturated rings. The summed E-state index contributed by atoms with van der Waals surface area (Å²) in [5.41, 5.74) is 0.773. The minimum absolute atomic E-state index is 0.0267. The van der Waals surface area contributed by atoms with Crippen molar-refractivity contribution in [2.75, 3.05) is 21.3 Å². The highest BCUT2D eigenvalue weighted by Crippen LogP contribution is 2.38. The van der Waals surface area contributed by atoms with E-state index in [4.69, 9.17) is 14.2 Å². The number of rotatable bonds is 7. The molecule has 1 aromatic rings. The van der Waals surface area contributed by atoms with Gasteiger partial charge in [0.1, 0.15) is 0 Å². The molecule has 0 aromatic heterocycles. The van der Waals surface area contributed by atoms with Gasteiger partial charge >= 0.3 is 5.97 Å². The van der Waals surface area contributed by atoms with Crippen molar-refractivity contribution in [2.45, 2.75) is 25.8 Å². The van der Waals surface area contributed by atoms with Gasteiger partial charge in [-0.1, -0.05) is 13.0 Å². The van der Waals surface area contributed by atoms with E-state index in [1.807, 2.05) is 13.0 Å². The van der Waals surface area contributed by atoms with Gasteiger partial charge in [0.05, 0.1) is 33.8 Å². The first-order valence-corrected chi connectivity index (χ1v) is 7.59. The van der Waals surface area contributed by atoms with Crippen molar-refractivity contribution in [3.8, 4) is 11.5 Å². The molecule has 0 saturated heterocycles. The summed E-state index contributed by atoms with van der Waals surface area (Å²) < 4.78 is 15.2. The number of carbonyl (C=O) groups is 2. The van der Waals surface area contributed by atoms with Crippen molar-refractivity contribution < 1.29 is 23.8 Å². The fourth-order valence-electron chi connectivity index (χ4n) is 2.54. The molecule has 1 aliphatic rings. The lowest BCUT2D eigenvalue weighted by Gasteiger charge is -2.20. The van der Waals surface area contributed by atoms with Gasteiger partial charge in [0.25, 0.3) is 0 Å². The zero-order valence-corrected chi connectivity index (χ0v) is 13.9. The quantitative estimate of drug-likeness (QED) is 0.778. The van der Waals surface area contributed by atoms with Crippen molar-refractivity contribution >= 4 is 11.9 Å². The lowest BCUT2D eigenvalue weighted by molar-refractivity contribution is -0.141. The molecular weight excluding hydrogens is 298 g/mol. The molecule has 3 atom stereocenters. The summed E-state index contributed by atoms with van der Waals surface area (Å²) in [4.78, 5) is 23.9. The second-order valence-electron chi connectivity index (χ2n) is 5.78. The number of methoxy groups -OCH3 is 3. The van der Waals surface area contributed by atoms with Crippen molar-refractivity contribution in [3.05, 3.63) is 23.8 Å². The normalized spacial score (nSPS) is 20.3. The number of amides is 1. The molecule has 0 spiro atoms. The highest BCUT2D eigenvalue weighted by atomic mass is 16.5. The zero-order valence-electron chi connectivity index (χ0n) is 13.9. The Kier molecular flexibility index (Phi) is 5.47. The molecular formula is C17H23NO5. The summed E-state index contributed by atoms with van der Waals surface area (Å²) in [6.45, 7) is 2.04. The van der Waals surface area contributed by atoms with Gasteiger partial charge in [-0.25, -0.2) is 0 Å². The Bertz CT molecular complexity index is 586. The van der Waals surface area contributed by atoms with Crippen LogP contribution in [-0.2, 0) is 14.3 Å². The maximum atomic E-state index is 12.2. The predicted octanol–water partition coefficient (Wildman–Crippen LogP) is 2.08. The minimum Gasteiger partial charge on any atom is -0.493 e. The van der Waals surface area contributed by atoms with Crippen LogP contribution in [0.5, 0.6) is 11.5 Å². The Balaban J connectivity index is 2.21. The zero-order chi connectivity index (χ0) is 17.0. The van der Waals surface area contributed by atoms with Gasteiger partial charge in [0.15, 0.2) is 11.5 Å². The van der Waals surface area contributed by atoms with Gasteiger partial charge in [0, 0.05) is 5.92 Å². The topological polar surface area (TPSA) is 73.9 Å². The van der Waals surface area contributed by atoms with Crippen molar-refractivity contribution in [2.24, 2.45) is 11.8 Å². The Morgan fingerprint density at radius 3 is 2.39 bits per heavy atom. The summed E-state index contributed by atoms with van der Waals surface area (Å²) in [5, 5.41) is 2.94. The van der Waals surface area contributed by atoms with E-state index in [1.54, 1.807) is 26.4 Å². The molecule has 1 amide bonds. The van der Waals surface area contributed by atoms with Crippen molar-refractivity contribution in [3.63, 3.8) is 0 Å². The van der Waals surface area contributed by atoms with Gasteiger partial charge in [-0.05, 0) is 30.0 Å². The van der Waals surface area contributed by atoms with Crippen LogP contribution in [0.4, 0.5) is 0 Å². The summed E-state index contributed by atoms with van der Waals surface area (Å²) in [6, 6.07) is 4.88. The molecule has 0 aliphatic heterocycles. The molecule has 1 aliphatic carbocycles. The van der Waals surface area contributed by atoms with Crippen molar-refractivity contribution in [1.82, 2.24) is 5.32 Å². The smallest absolute Gasteiger partial charge is 0.307 e. The van der Waals surface area contributed by atoms with Crippen LogP contribution in [0.15, 0.2) is 18.2 Å². The minimum atomic E-state index is -0.456. The monoisotopic (exact) mass is 321 g/mol. The molecule has 0 radical (unpaired) electrons. The molecule has 2 rings (SSSR count). The van der Waals surface area contributed by atoms with E-state index in [9.17, 15) is 9.59 Å². The SMILES string of the molecule is COC(=O)C[C@H](NC(=O)[C@H]1C[C@@H]1C)c1ccc(OC)c(OC)c1. The van der Waals surface area contributed by atoms with Crippen LogP contribution in [0, 0.1) is 11.8 Å². The van der Waals surface area contributed by atoms with Gasteiger partial charge in [-0.2, -0.15) is 0 Å². The van der Waals surface area contributed by atoms with Gasteiger partial charge in [-0.15, -0.1) is 0 Å². The van der Waals surface area contributed by atoms with E-state index in [0.717, 1.165) is 12.0 Å². The van der Waals surface area contributed by atoms with Crippen LogP contribution in [0.2, 0.25) is 0 Å². The van der Waals surface area contributed by atoms with E-state index < -0.39 is 6.04 Å². The van der Waals surface area contributed by atoms with Gasteiger partial charge < -0.3 is 19.5 Å². The first-order valence-electron chi connectivity index (χ1n) is 7.59. The molecule has 1 aromatic carbocycles. The summed E-state index contributed by atoms with van der Waals surface area (Å²) in [6.07, 6.45) is 0.960. The second kappa shape index (κ2) is 7.35. The maximum Gasteiger partial charge on any atom is 0.307 e. The van der Waals surface area contributed by atoms with Crippen molar-refractivity contribution in [1.29, 1.82) is 0 Å². The van der Waals surface area contributed by atoms with E-state index in [2.05, 4.69) is 5.32 Å². The van der Waals surface area contributed by atoms with Crippen LogP contribution >= 0.6 is 0 Å². The molecule has 23 heavy (non-hydrogen) atoms. The number of hydrogen-bond acceptors (Lipinski definition) is 5. The lowest BCUT2D eigenvalue weighted by atomic mass is 10.0. The highest BCUT2D eigenvalue weighted by molar-refractivity contribution is 5.82. The van der Waals surface area contributed by atoms with E-state index in [0.29, 0.717) is 17.4 Å². The molecule has 126 valence electrons. The van der Waals surface area contributed by atoms with E-state index in [-0.39, 0.29) is 24.2 Å². The van der Waals surface area contributed by atoms with Crippen LogP contribution in [0.25, 0.3) is 0 Å². The molecule has 0 bridgehead atoms. The average molecular weight is 321 g/mol. The molecule has 0 heterocycles. The molecule has 1 N–H and O–H groups in total. The fraction of sp³-hybridized carbons (Fsp3) is 0.529. The van der Waals surface area contributed by atoms with Crippen LogP contribution in [0.3, 0.4) is 0 Å². The Morgan fingerprint density at radius 2 is 1.87 bits per heavy atom. The largest absolute Gasteiger partial charge is 0.493 e. The van der Waals surface area contributed by atoms with Gasteiger partial charge in [0.2, 0.25) is 5.91 Å². The first-order chi connectivity index (χ1) is 11.0. The van der Waals surface area contributed by atoms with Crippen LogP contribution < -0.4 is 14.8 Å². The third kappa shape index (κ3) is 4.15. The summed E-state index contributed by atoms with van der Waals surface area (Å²) >= 11 is 0. The number of hydrogen-bond donors (Lipinski definition) is 1. The van der Waals surface area contributed by atoms with Crippen LogP contribution in [0.1, 0.15) is 31.4 Å². The third-order valence-electron chi connectivity index (χ3n) is 4.17. The Morgan fingerprint density at radius 1 is 1.22 bits per heavy atom. The van der Waals surface area contributed by atoms with E-state index in [1.165, 1.54) is 7.11 Å². The number of nitrogens with one attached hydrogen (secondary N) is 1. The van der Waals surface area contributed by atoms with Crippen LogP contribution in [-0.4, -0.2) is 33.2 Å². The predicted molar refractivity (Wildman–Crippen MR) is 84.3 cm³/mol. The third-order valence-corrected chi connectivity index (χ3v) is 4.17. The molecule has 6 heteroatoms. The Labute approximate surface area is 136 Å². The number of ether oxygens (including phenoxy) is 3. The lowest BCUT2D eigenvalue weighted by Crippen LogP contribution is -2.32. The van der Waals surface area contributed by atoms with Gasteiger partial charge in [-0.3, -0.25) is 9.59 Å². The fourth-order valence-corrected chi connectivity index (χ4v) is 2.54. The summed E-state index contributed by atoms with van der Waals surface area (Å²) in [5.74, 6) is 1.17. The molecule has 1 saturated carbocycles.